The molecule has 0 N–H and O–H groups in total. The van der Waals surface area contributed by atoms with Crippen molar-refractivity contribution < 1.29 is 14.3 Å². The van der Waals surface area contributed by atoms with Crippen molar-refractivity contribution in [3.05, 3.63) is 59.7 Å². The monoisotopic (exact) mass is 311 g/mol. The van der Waals surface area contributed by atoms with Crippen LogP contribution in [0.5, 0.6) is 0 Å². The number of ether oxygens (including phenoxy) is 1. The van der Waals surface area contributed by atoms with E-state index < -0.39 is 5.60 Å². The van der Waals surface area contributed by atoms with Gasteiger partial charge in [0.25, 0.3) is 5.91 Å². The number of allylic oxidation sites excluding steroid dienone is 3. The van der Waals surface area contributed by atoms with Crippen LogP contribution in [0, 0.1) is 0 Å². The Morgan fingerprint density at radius 2 is 2.04 bits per heavy atom. The molecule has 2 aliphatic rings. The van der Waals surface area contributed by atoms with Gasteiger partial charge in [-0.2, -0.15) is 0 Å². The molecule has 0 bridgehead atoms. The van der Waals surface area contributed by atoms with Gasteiger partial charge in [-0.05, 0) is 25.3 Å². The first-order valence-electron chi connectivity index (χ1n) is 8.00. The lowest BCUT2D eigenvalue weighted by Crippen LogP contribution is -2.59. The molecular formula is C19H21NO3. The van der Waals surface area contributed by atoms with Crippen molar-refractivity contribution in [3.63, 3.8) is 0 Å². The second-order valence-electron chi connectivity index (χ2n) is 6.06. The van der Waals surface area contributed by atoms with E-state index in [2.05, 4.69) is 0 Å². The molecule has 1 fully saturated rings. The van der Waals surface area contributed by atoms with Crippen LogP contribution in [0.15, 0.2) is 54.1 Å². The highest BCUT2D eigenvalue weighted by Crippen LogP contribution is 2.27. The highest BCUT2D eigenvalue weighted by molar-refractivity contribution is 6.17. The van der Waals surface area contributed by atoms with Gasteiger partial charge < -0.3 is 9.64 Å². The minimum absolute atomic E-state index is 0.240. The topological polar surface area (TPSA) is 46.6 Å². The van der Waals surface area contributed by atoms with Crippen LogP contribution in [0.4, 0.5) is 0 Å². The van der Waals surface area contributed by atoms with E-state index >= 15 is 0 Å². The van der Waals surface area contributed by atoms with Crippen LogP contribution in [-0.2, 0) is 20.9 Å². The molecule has 1 amide bonds. The van der Waals surface area contributed by atoms with E-state index in [1.807, 2.05) is 42.5 Å². The third kappa shape index (κ3) is 3.13. The Labute approximate surface area is 136 Å². The van der Waals surface area contributed by atoms with E-state index in [0.717, 1.165) is 18.4 Å². The zero-order chi connectivity index (χ0) is 16.3. The molecular weight excluding hydrogens is 290 g/mol. The average Bonchev–Trinajstić information content (AvgIpc) is 2.60. The second kappa shape index (κ2) is 6.50. The van der Waals surface area contributed by atoms with Crippen LogP contribution in [-0.4, -0.2) is 35.3 Å². The number of benzene rings is 1. The van der Waals surface area contributed by atoms with Gasteiger partial charge in [0.2, 0.25) is 11.4 Å². The number of carbonyl (C=O) groups is 2. The van der Waals surface area contributed by atoms with Crippen molar-refractivity contribution in [2.45, 2.75) is 31.9 Å². The van der Waals surface area contributed by atoms with Crippen LogP contribution < -0.4 is 0 Å². The predicted octanol–water partition coefficient (Wildman–Crippen LogP) is 2.65. The Kier molecular flexibility index (Phi) is 4.44. The molecule has 1 aromatic carbocycles. The van der Waals surface area contributed by atoms with Crippen molar-refractivity contribution in [2.24, 2.45) is 0 Å². The minimum atomic E-state index is -1.42. The first kappa shape index (κ1) is 15.7. The van der Waals surface area contributed by atoms with Gasteiger partial charge in [0, 0.05) is 18.7 Å². The number of morpholine rings is 1. The fourth-order valence-corrected chi connectivity index (χ4v) is 3.00. The van der Waals surface area contributed by atoms with Gasteiger partial charge in [0.15, 0.2) is 0 Å². The van der Waals surface area contributed by atoms with Crippen molar-refractivity contribution in [1.29, 1.82) is 0 Å². The van der Waals surface area contributed by atoms with Crippen LogP contribution in [0.2, 0.25) is 0 Å². The molecule has 4 heteroatoms. The predicted molar refractivity (Wildman–Crippen MR) is 87.7 cm³/mol. The van der Waals surface area contributed by atoms with Crippen molar-refractivity contribution in [1.82, 2.24) is 4.90 Å². The molecule has 1 saturated heterocycles. The number of nitrogens with zero attached hydrogens (tertiary/aromatic N) is 1. The molecule has 0 spiro atoms. The lowest BCUT2D eigenvalue weighted by molar-refractivity contribution is -0.174. The highest BCUT2D eigenvalue weighted by Gasteiger charge is 2.48. The van der Waals surface area contributed by atoms with E-state index in [4.69, 9.17) is 4.74 Å². The number of carbonyl (C=O) groups excluding carboxylic acids is 2. The standard InChI is InChI=1S/C19H21NO3/c1-19(17(21)16-10-6-3-7-11-16)18(22)20(12-13-23-19)14-15-8-4-2-5-9-15/h2,4-6,8-11H,3,7,12-14H2,1H3. The van der Waals surface area contributed by atoms with E-state index in [-0.39, 0.29) is 11.7 Å². The molecule has 0 aromatic heterocycles. The quantitative estimate of drug-likeness (QED) is 0.803. The maximum absolute atomic E-state index is 12.9. The molecule has 4 nitrogen and oxygen atoms in total. The Morgan fingerprint density at radius 1 is 1.26 bits per heavy atom. The number of ketones is 1. The maximum Gasteiger partial charge on any atom is 0.263 e. The molecule has 23 heavy (non-hydrogen) atoms. The Bertz CT molecular complexity index is 662. The van der Waals surface area contributed by atoms with Crippen LogP contribution in [0.1, 0.15) is 25.3 Å². The maximum atomic E-state index is 12.9. The zero-order valence-electron chi connectivity index (χ0n) is 13.3. The van der Waals surface area contributed by atoms with Crippen LogP contribution in [0.3, 0.4) is 0 Å². The van der Waals surface area contributed by atoms with Gasteiger partial charge in [-0.15, -0.1) is 0 Å². The number of hydrogen-bond acceptors (Lipinski definition) is 3. The lowest BCUT2D eigenvalue weighted by Gasteiger charge is -2.38. The first-order chi connectivity index (χ1) is 11.1. The Balaban J connectivity index is 1.79. The van der Waals surface area contributed by atoms with Gasteiger partial charge >= 0.3 is 0 Å². The van der Waals surface area contributed by atoms with Crippen molar-refractivity contribution in [3.8, 4) is 0 Å². The third-order valence-corrected chi connectivity index (χ3v) is 4.35. The molecule has 120 valence electrons. The largest absolute Gasteiger partial charge is 0.356 e. The molecule has 1 atom stereocenters. The number of rotatable bonds is 4. The van der Waals surface area contributed by atoms with Crippen molar-refractivity contribution >= 4 is 11.7 Å². The normalized spacial score (nSPS) is 24.5. The van der Waals surface area contributed by atoms with Gasteiger partial charge in [-0.25, -0.2) is 0 Å². The summed E-state index contributed by atoms with van der Waals surface area (Å²) in [6, 6.07) is 9.80. The summed E-state index contributed by atoms with van der Waals surface area (Å²) < 4.78 is 5.65. The lowest BCUT2D eigenvalue weighted by atomic mass is 9.89. The molecule has 1 aromatic rings. The minimum Gasteiger partial charge on any atom is -0.356 e. The molecule has 1 heterocycles. The summed E-state index contributed by atoms with van der Waals surface area (Å²) in [4.78, 5) is 27.4. The average molecular weight is 311 g/mol. The Hall–Kier alpha value is -2.20. The van der Waals surface area contributed by atoms with E-state index in [9.17, 15) is 9.59 Å². The summed E-state index contributed by atoms with van der Waals surface area (Å²) in [7, 11) is 0. The number of amides is 1. The summed E-state index contributed by atoms with van der Waals surface area (Å²) in [5, 5.41) is 0. The van der Waals surface area contributed by atoms with E-state index in [1.165, 1.54) is 0 Å². The number of Topliss-reactive ketones (excluding diaryl/α,β-unsaturated/α-hetero) is 1. The molecule has 0 radical (unpaired) electrons. The summed E-state index contributed by atoms with van der Waals surface area (Å²) >= 11 is 0. The van der Waals surface area contributed by atoms with E-state index in [0.29, 0.717) is 25.3 Å². The number of hydrogen-bond donors (Lipinski definition) is 0. The molecule has 1 unspecified atom stereocenters. The van der Waals surface area contributed by atoms with Crippen molar-refractivity contribution in [2.75, 3.05) is 13.2 Å². The smallest absolute Gasteiger partial charge is 0.263 e. The molecule has 3 rings (SSSR count). The fraction of sp³-hybridized carbons (Fsp3) is 0.368. The fourth-order valence-electron chi connectivity index (χ4n) is 3.00. The highest BCUT2D eigenvalue weighted by atomic mass is 16.5. The molecule has 1 aliphatic carbocycles. The third-order valence-electron chi connectivity index (χ3n) is 4.35. The van der Waals surface area contributed by atoms with Crippen LogP contribution in [0.25, 0.3) is 0 Å². The SMILES string of the molecule is CC1(C(=O)C2=CCCC=C2)OCCN(Cc2ccccc2)C1=O. The summed E-state index contributed by atoms with van der Waals surface area (Å²) in [6.07, 6.45) is 7.41. The van der Waals surface area contributed by atoms with E-state index in [1.54, 1.807) is 17.9 Å². The zero-order valence-corrected chi connectivity index (χ0v) is 13.3. The molecule has 0 saturated carbocycles. The summed E-state index contributed by atoms with van der Waals surface area (Å²) in [5.74, 6) is -0.492. The summed E-state index contributed by atoms with van der Waals surface area (Å²) in [5.41, 5.74) is 0.212. The summed E-state index contributed by atoms with van der Waals surface area (Å²) in [6.45, 7) is 2.97. The van der Waals surface area contributed by atoms with Gasteiger partial charge in [-0.3, -0.25) is 9.59 Å². The first-order valence-corrected chi connectivity index (χ1v) is 8.00. The van der Waals surface area contributed by atoms with Gasteiger partial charge in [0.05, 0.1) is 6.61 Å². The van der Waals surface area contributed by atoms with Gasteiger partial charge in [-0.1, -0.05) is 48.6 Å². The Morgan fingerprint density at radius 3 is 2.74 bits per heavy atom. The molecule has 1 aliphatic heterocycles. The van der Waals surface area contributed by atoms with Crippen LogP contribution >= 0.6 is 0 Å². The van der Waals surface area contributed by atoms with Gasteiger partial charge in [0.1, 0.15) is 0 Å². The second-order valence-corrected chi connectivity index (χ2v) is 6.06.